The Morgan fingerprint density at radius 2 is 1.96 bits per heavy atom. The van der Waals surface area contributed by atoms with Crippen LogP contribution < -0.4 is 10.2 Å². The zero-order valence-corrected chi connectivity index (χ0v) is 15.4. The molecule has 0 radical (unpaired) electrons. The van der Waals surface area contributed by atoms with Crippen molar-refractivity contribution in [1.29, 1.82) is 0 Å². The summed E-state index contributed by atoms with van der Waals surface area (Å²) in [5.74, 6) is 0.946. The van der Waals surface area contributed by atoms with Crippen molar-refractivity contribution in [2.45, 2.75) is 31.8 Å². The van der Waals surface area contributed by atoms with Crippen molar-refractivity contribution < 1.29 is 9.32 Å². The number of nitrogens with zero attached hydrogens (tertiary/aromatic N) is 3. The van der Waals surface area contributed by atoms with Gasteiger partial charge in [-0.2, -0.15) is 0 Å². The van der Waals surface area contributed by atoms with Crippen LogP contribution in [0.4, 0.5) is 5.69 Å². The van der Waals surface area contributed by atoms with E-state index >= 15 is 0 Å². The number of nitrogens with one attached hydrogen (secondary N) is 1. The number of benzene rings is 1. The van der Waals surface area contributed by atoms with E-state index < -0.39 is 0 Å². The lowest BCUT2D eigenvalue weighted by molar-refractivity contribution is 0.0932. The first-order valence-electron chi connectivity index (χ1n) is 8.63. The molecule has 1 aliphatic carbocycles. The number of fused-ring (bicyclic) bond motifs is 1. The molecule has 1 amide bonds. The highest BCUT2D eigenvalue weighted by Gasteiger charge is 2.27. The molecule has 6 nitrogen and oxygen atoms in total. The van der Waals surface area contributed by atoms with E-state index in [1.807, 2.05) is 57.4 Å². The van der Waals surface area contributed by atoms with Crippen molar-refractivity contribution in [1.82, 2.24) is 15.4 Å². The fraction of sp³-hybridized carbons (Fsp3) is 0.474. The van der Waals surface area contributed by atoms with Gasteiger partial charge in [0.2, 0.25) is 0 Å². The van der Waals surface area contributed by atoms with Crippen LogP contribution in [-0.2, 0) is 19.4 Å². The Morgan fingerprint density at radius 3 is 2.60 bits per heavy atom. The average molecular weight is 342 g/mol. The Morgan fingerprint density at radius 1 is 1.24 bits per heavy atom. The zero-order chi connectivity index (χ0) is 18.0. The minimum absolute atomic E-state index is 0.0237. The van der Waals surface area contributed by atoms with E-state index in [-0.39, 0.29) is 11.9 Å². The summed E-state index contributed by atoms with van der Waals surface area (Å²) in [4.78, 5) is 16.6. The molecule has 0 fully saturated rings. The van der Waals surface area contributed by atoms with E-state index in [4.69, 9.17) is 4.52 Å². The molecule has 1 atom stereocenters. The molecule has 0 saturated carbocycles. The van der Waals surface area contributed by atoms with E-state index in [0.29, 0.717) is 5.56 Å². The van der Waals surface area contributed by atoms with E-state index in [0.717, 1.165) is 48.5 Å². The highest BCUT2D eigenvalue weighted by molar-refractivity contribution is 5.94. The van der Waals surface area contributed by atoms with Crippen molar-refractivity contribution in [3.63, 3.8) is 0 Å². The highest BCUT2D eigenvalue weighted by Crippen LogP contribution is 2.25. The molecule has 6 heteroatoms. The molecule has 1 N–H and O–H groups in total. The van der Waals surface area contributed by atoms with E-state index in [1.54, 1.807) is 0 Å². The monoisotopic (exact) mass is 342 g/mol. The third kappa shape index (κ3) is 4.02. The van der Waals surface area contributed by atoms with Crippen LogP contribution in [-0.4, -0.2) is 50.2 Å². The van der Waals surface area contributed by atoms with E-state index in [2.05, 4.69) is 15.4 Å². The van der Waals surface area contributed by atoms with Crippen molar-refractivity contribution in [2.75, 3.05) is 33.1 Å². The Kier molecular flexibility index (Phi) is 5.08. The van der Waals surface area contributed by atoms with Gasteiger partial charge in [0.05, 0.1) is 0 Å². The molecule has 0 spiro atoms. The quantitative estimate of drug-likeness (QED) is 0.901. The summed E-state index contributed by atoms with van der Waals surface area (Å²) in [6.07, 6.45) is 2.48. The molecule has 1 aromatic carbocycles. The molecule has 0 bridgehead atoms. The van der Waals surface area contributed by atoms with Crippen molar-refractivity contribution in [3.05, 3.63) is 46.8 Å². The van der Waals surface area contributed by atoms with Gasteiger partial charge in [-0.3, -0.25) is 4.79 Å². The number of hydrogen-bond acceptors (Lipinski definition) is 5. The van der Waals surface area contributed by atoms with Crippen LogP contribution in [0.5, 0.6) is 0 Å². The van der Waals surface area contributed by atoms with E-state index in [1.165, 1.54) is 0 Å². The third-order valence-corrected chi connectivity index (χ3v) is 4.57. The number of anilines is 1. The number of aryl methyl sites for hydroxylation is 1. The minimum Gasteiger partial charge on any atom is -0.378 e. The molecule has 1 heterocycles. The smallest absolute Gasteiger partial charge is 0.251 e. The standard InChI is InChI=1S/C19H26N4O2/c1-22(2)12-17-16-11-14(7-10-18(16)25-21-17)20-19(24)13-5-8-15(9-6-13)23(3)4/h5-6,8-9,14H,7,10-12H2,1-4H3,(H,20,24). The number of hydrogen-bond donors (Lipinski definition) is 1. The van der Waals surface area contributed by atoms with Gasteiger partial charge in [-0.15, -0.1) is 0 Å². The molecule has 0 saturated heterocycles. The van der Waals surface area contributed by atoms with Crippen LogP contribution in [0, 0.1) is 0 Å². The maximum absolute atomic E-state index is 12.5. The molecule has 1 aromatic heterocycles. The number of carbonyl (C=O) groups excluding carboxylic acids is 1. The second kappa shape index (κ2) is 7.27. The van der Waals surface area contributed by atoms with Gasteiger partial charge in [0.15, 0.2) is 0 Å². The highest BCUT2D eigenvalue weighted by atomic mass is 16.5. The van der Waals surface area contributed by atoms with Crippen LogP contribution in [0.25, 0.3) is 0 Å². The summed E-state index contributed by atoms with van der Waals surface area (Å²) in [7, 11) is 8.00. The summed E-state index contributed by atoms with van der Waals surface area (Å²) in [6, 6.07) is 7.78. The van der Waals surface area contributed by atoms with Gasteiger partial charge < -0.3 is 19.6 Å². The molecular formula is C19H26N4O2. The second-order valence-electron chi connectivity index (χ2n) is 7.12. The van der Waals surface area contributed by atoms with Gasteiger partial charge in [0.1, 0.15) is 11.5 Å². The molecule has 0 aliphatic heterocycles. The normalized spacial score (nSPS) is 16.6. The second-order valence-corrected chi connectivity index (χ2v) is 7.12. The Labute approximate surface area is 148 Å². The summed E-state index contributed by atoms with van der Waals surface area (Å²) in [5, 5.41) is 7.36. The number of rotatable bonds is 5. The predicted molar refractivity (Wildman–Crippen MR) is 97.9 cm³/mol. The van der Waals surface area contributed by atoms with E-state index in [9.17, 15) is 4.79 Å². The van der Waals surface area contributed by atoms with Gasteiger partial charge >= 0.3 is 0 Å². The Bertz CT molecular complexity index is 734. The SMILES string of the molecule is CN(C)Cc1noc2c1CC(NC(=O)c1ccc(N(C)C)cc1)CC2. The third-order valence-electron chi connectivity index (χ3n) is 4.57. The molecule has 134 valence electrons. The van der Waals surface area contributed by atoms with Gasteiger partial charge in [0, 0.05) is 49.9 Å². The first-order valence-corrected chi connectivity index (χ1v) is 8.63. The summed E-state index contributed by atoms with van der Waals surface area (Å²) >= 11 is 0. The summed E-state index contributed by atoms with van der Waals surface area (Å²) in [6.45, 7) is 0.755. The van der Waals surface area contributed by atoms with Gasteiger partial charge in [-0.25, -0.2) is 0 Å². The van der Waals surface area contributed by atoms with Crippen LogP contribution in [0.1, 0.15) is 33.8 Å². The minimum atomic E-state index is -0.0237. The van der Waals surface area contributed by atoms with Gasteiger partial charge in [-0.05, 0) is 51.2 Å². The van der Waals surface area contributed by atoms with Gasteiger partial charge in [0.25, 0.3) is 5.91 Å². The number of amides is 1. The zero-order valence-electron chi connectivity index (χ0n) is 15.4. The average Bonchev–Trinajstić information content (AvgIpc) is 2.96. The topological polar surface area (TPSA) is 61.6 Å². The lowest BCUT2D eigenvalue weighted by Gasteiger charge is -2.23. The molecule has 1 unspecified atom stereocenters. The molecule has 1 aliphatic rings. The Balaban J connectivity index is 1.66. The summed E-state index contributed by atoms with van der Waals surface area (Å²) < 4.78 is 5.47. The lowest BCUT2D eigenvalue weighted by atomic mass is 9.91. The largest absolute Gasteiger partial charge is 0.378 e. The molecular weight excluding hydrogens is 316 g/mol. The predicted octanol–water partition coefficient (Wildman–Crippen LogP) is 2.09. The maximum Gasteiger partial charge on any atom is 0.251 e. The molecule has 3 rings (SSSR count). The van der Waals surface area contributed by atoms with Crippen molar-refractivity contribution >= 4 is 11.6 Å². The van der Waals surface area contributed by atoms with Gasteiger partial charge in [-0.1, -0.05) is 5.16 Å². The van der Waals surface area contributed by atoms with Crippen LogP contribution in [0.15, 0.2) is 28.8 Å². The first kappa shape index (κ1) is 17.5. The van der Waals surface area contributed by atoms with Crippen molar-refractivity contribution in [3.8, 4) is 0 Å². The fourth-order valence-electron chi connectivity index (χ4n) is 3.19. The Hall–Kier alpha value is -2.34. The summed E-state index contributed by atoms with van der Waals surface area (Å²) in [5.41, 5.74) is 3.91. The lowest BCUT2D eigenvalue weighted by Crippen LogP contribution is -2.39. The number of aromatic nitrogens is 1. The van der Waals surface area contributed by atoms with Crippen LogP contribution >= 0.6 is 0 Å². The van der Waals surface area contributed by atoms with Crippen molar-refractivity contribution in [2.24, 2.45) is 0 Å². The fourth-order valence-corrected chi connectivity index (χ4v) is 3.19. The first-order chi connectivity index (χ1) is 11.9. The molecule has 25 heavy (non-hydrogen) atoms. The van der Waals surface area contributed by atoms with Crippen LogP contribution in [0.2, 0.25) is 0 Å². The maximum atomic E-state index is 12.5. The molecule has 2 aromatic rings. The van der Waals surface area contributed by atoms with Crippen LogP contribution in [0.3, 0.4) is 0 Å². The number of carbonyl (C=O) groups is 1.